The Morgan fingerprint density at radius 2 is 2.20 bits per heavy atom. The molecule has 0 aliphatic carbocycles. The Morgan fingerprint density at radius 3 is 2.75 bits per heavy atom. The van der Waals surface area contributed by atoms with Crippen molar-refractivity contribution in [1.82, 2.24) is 0 Å². The number of hydrogen-bond acceptors (Lipinski definition) is 4. The molecule has 2 aromatic rings. The van der Waals surface area contributed by atoms with Gasteiger partial charge >= 0.3 is 0 Å². The smallest absolute Gasteiger partial charge is 0.269 e. The number of thiophene rings is 1. The maximum absolute atomic E-state index is 10.8. The summed E-state index contributed by atoms with van der Waals surface area (Å²) in [5.41, 5.74) is 2.92. The standard InChI is InChI=1S/C13H12BrClN2O2S/c1-16(7-9-4-13(14)20-8-9)12-3-2-11(17(18)19)5-10(12)6-15/h2-5,8H,6-7H2,1H3. The third-order valence-corrected chi connectivity index (χ3v) is 4.71. The Labute approximate surface area is 134 Å². The Bertz CT molecular complexity index is 633. The molecule has 0 saturated heterocycles. The number of rotatable bonds is 5. The average Bonchev–Trinajstić information content (AvgIpc) is 2.83. The van der Waals surface area contributed by atoms with Crippen LogP contribution in [0.3, 0.4) is 0 Å². The van der Waals surface area contributed by atoms with E-state index in [4.69, 9.17) is 11.6 Å². The van der Waals surface area contributed by atoms with Gasteiger partial charge in [-0.1, -0.05) is 0 Å². The molecule has 7 heteroatoms. The molecule has 1 aromatic carbocycles. The van der Waals surface area contributed by atoms with Crippen LogP contribution < -0.4 is 4.90 Å². The molecule has 0 spiro atoms. The molecule has 0 amide bonds. The summed E-state index contributed by atoms with van der Waals surface area (Å²) in [5.74, 6) is 0.245. The van der Waals surface area contributed by atoms with Gasteiger partial charge in [0.25, 0.3) is 5.69 Å². The van der Waals surface area contributed by atoms with Gasteiger partial charge in [-0.3, -0.25) is 10.1 Å². The van der Waals surface area contributed by atoms with Crippen LogP contribution in [0.2, 0.25) is 0 Å². The second kappa shape index (κ2) is 6.56. The van der Waals surface area contributed by atoms with Crippen LogP contribution in [0.25, 0.3) is 0 Å². The monoisotopic (exact) mass is 374 g/mol. The van der Waals surface area contributed by atoms with Gasteiger partial charge in [0.1, 0.15) is 0 Å². The van der Waals surface area contributed by atoms with Gasteiger partial charge < -0.3 is 4.90 Å². The van der Waals surface area contributed by atoms with Gasteiger partial charge in [0.2, 0.25) is 0 Å². The second-order valence-corrected chi connectivity index (χ2v) is 6.88. The summed E-state index contributed by atoms with van der Waals surface area (Å²) in [6.07, 6.45) is 0. The van der Waals surface area contributed by atoms with E-state index in [2.05, 4.69) is 27.4 Å². The predicted molar refractivity (Wildman–Crippen MR) is 86.8 cm³/mol. The maximum Gasteiger partial charge on any atom is 0.269 e. The minimum Gasteiger partial charge on any atom is -0.370 e. The largest absolute Gasteiger partial charge is 0.370 e. The lowest BCUT2D eigenvalue weighted by Gasteiger charge is -2.21. The van der Waals surface area contributed by atoms with Gasteiger partial charge in [0, 0.05) is 37.3 Å². The van der Waals surface area contributed by atoms with Crippen molar-refractivity contribution in [2.45, 2.75) is 12.4 Å². The highest BCUT2D eigenvalue weighted by Crippen LogP contribution is 2.28. The van der Waals surface area contributed by atoms with E-state index >= 15 is 0 Å². The highest BCUT2D eigenvalue weighted by molar-refractivity contribution is 9.11. The van der Waals surface area contributed by atoms with Crippen molar-refractivity contribution in [3.63, 3.8) is 0 Å². The number of non-ortho nitro benzene ring substituents is 1. The second-order valence-electron chi connectivity index (χ2n) is 4.32. The van der Waals surface area contributed by atoms with Gasteiger partial charge in [0.05, 0.1) is 8.71 Å². The zero-order valence-corrected chi connectivity index (χ0v) is 13.8. The van der Waals surface area contributed by atoms with Crippen molar-refractivity contribution in [2.24, 2.45) is 0 Å². The number of anilines is 1. The quantitative estimate of drug-likeness (QED) is 0.428. The molecule has 0 aliphatic rings. The topological polar surface area (TPSA) is 46.4 Å². The first-order valence-corrected chi connectivity index (χ1v) is 7.99. The molecule has 0 fully saturated rings. The molecule has 1 heterocycles. The highest BCUT2D eigenvalue weighted by Gasteiger charge is 2.13. The van der Waals surface area contributed by atoms with Crippen LogP contribution in [0.4, 0.5) is 11.4 Å². The van der Waals surface area contributed by atoms with Crippen molar-refractivity contribution >= 4 is 50.2 Å². The summed E-state index contributed by atoms with van der Waals surface area (Å²) >= 11 is 11.0. The van der Waals surface area contributed by atoms with Crippen molar-refractivity contribution in [2.75, 3.05) is 11.9 Å². The molecule has 2 rings (SSSR count). The Morgan fingerprint density at radius 1 is 1.45 bits per heavy atom. The maximum atomic E-state index is 10.8. The molecule has 0 aliphatic heterocycles. The first-order valence-electron chi connectivity index (χ1n) is 5.78. The van der Waals surface area contributed by atoms with Crippen LogP contribution in [-0.2, 0) is 12.4 Å². The molecule has 106 valence electrons. The van der Waals surface area contributed by atoms with Crippen LogP contribution in [0.5, 0.6) is 0 Å². The molecular weight excluding hydrogens is 364 g/mol. The lowest BCUT2D eigenvalue weighted by Crippen LogP contribution is -2.17. The summed E-state index contributed by atoms with van der Waals surface area (Å²) in [7, 11) is 1.95. The third-order valence-electron chi connectivity index (χ3n) is 2.87. The van der Waals surface area contributed by atoms with Gasteiger partial charge in [0.15, 0.2) is 0 Å². The van der Waals surface area contributed by atoms with Gasteiger partial charge in [-0.15, -0.1) is 22.9 Å². The van der Waals surface area contributed by atoms with E-state index in [9.17, 15) is 10.1 Å². The lowest BCUT2D eigenvalue weighted by atomic mass is 10.1. The molecule has 0 N–H and O–H groups in total. The summed E-state index contributed by atoms with van der Waals surface area (Å²) < 4.78 is 1.09. The van der Waals surface area contributed by atoms with Crippen LogP contribution in [-0.4, -0.2) is 12.0 Å². The number of halogens is 2. The third kappa shape index (κ3) is 3.50. The fourth-order valence-electron chi connectivity index (χ4n) is 1.95. The zero-order valence-electron chi connectivity index (χ0n) is 10.7. The SMILES string of the molecule is CN(Cc1csc(Br)c1)c1ccc([N+](=O)[O-])cc1CCl. The number of hydrogen-bond donors (Lipinski definition) is 0. The van der Waals surface area contributed by atoms with E-state index in [0.717, 1.165) is 21.6 Å². The molecule has 4 nitrogen and oxygen atoms in total. The van der Waals surface area contributed by atoms with E-state index in [-0.39, 0.29) is 11.6 Å². The lowest BCUT2D eigenvalue weighted by molar-refractivity contribution is -0.384. The minimum atomic E-state index is -0.407. The van der Waals surface area contributed by atoms with E-state index in [1.54, 1.807) is 17.4 Å². The number of nitrogens with zero attached hydrogens (tertiary/aromatic N) is 2. The molecule has 0 saturated carbocycles. The summed E-state index contributed by atoms with van der Waals surface area (Å²) in [6.45, 7) is 0.726. The molecule has 20 heavy (non-hydrogen) atoms. The Hall–Kier alpha value is -1.11. The Balaban J connectivity index is 2.24. The molecule has 0 radical (unpaired) electrons. The Kier molecular flexibility index (Phi) is 5.01. The number of alkyl halides is 1. The van der Waals surface area contributed by atoms with Gasteiger partial charge in [-0.2, -0.15) is 0 Å². The fraction of sp³-hybridized carbons (Fsp3) is 0.231. The minimum absolute atomic E-state index is 0.0658. The number of nitro benzene ring substituents is 1. The first kappa shape index (κ1) is 15.3. The normalized spacial score (nSPS) is 10.6. The first-order chi connectivity index (χ1) is 9.51. The van der Waals surface area contributed by atoms with Gasteiger partial charge in [-0.25, -0.2) is 0 Å². The fourth-order valence-corrected chi connectivity index (χ4v) is 3.37. The van der Waals surface area contributed by atoms with Crippen LogP contribution in [0.15, 0.2) is 33.4 Å². The summed E-state index contributed by atoms with van der Waals surface area (Å²) in [4.78, 5) is 12.4. The van der Waals surface area contributed by atoms with Crippen molar-refractivity contribution < 1.29 is 4.92 Å². The zero-order chi connectivity index (χ0) is 14.7. The van der Waals surface area contributed by atoms with Crippen LogP contribution in [0, 0.1) is 10.1 Å². The average molecular weight is 376 g/mol. The molecule has 0 unspecified atom stereocenters. The van der Waals surface area contributed by atoms with Crippen LogP contribution >= 0.6 is 38.9 Å². The van der Waals surface area contributed by atoms with Crippen molar-refractivity contribution in [3.8, 4) is 0 Å². The molecule has 0 bridgehead atoms. The number of nitro groups is 1. The number of benzene rings is 1. The van der Waals surface area contributed by atoms with E-state index in [1.807, 2.05) is 11.9 Å². The van der Waals surface area contributed by atoms with E-state index in [0.29, 0.717) is 0 Å². The van der Waals surface area contributed by atoms with Crippen molar-refractivity contribution in [1.29, 1.82) is 0 Å². The highest BCUT2D eigenvalue weighted by atomic mass is 79.9. The molecular formula is C13H12BrClN2O2S. The van der Waals surface area contributed by atoms with Gasteiger partial charge in [-0.05, 0) is 44.6 Å². The van der Waals surface area contributed by atoms with E-state index in [1.165, 1.54) is 17.7 Å². The van der Waals surface area contributed by atoms with Crippen molar-refractivity contribution in [3.05, 3.63) is 54.7 Å². The molecule has 1 aromatic heterocycles. The predicted octanol–water partition coefficient (Wildman–Crippen LogP) is 4.79. The van der Waals surface area contributed by atoms with E-state index < -0.39 is 4.92 Å². The van der Waals surface area contributed by atoms with Crippen LogP contribution in [0.1, 0.15) is 11.1 Å². The summed E-state index contributed by atoms with van der Waals surface area (Å²) in [5, 5.41) is 12.9. The molecule has 0 atom stereocenters. The summed E-state index contributed by atoms with van der Waals surface area (Å²) in [6, 6.07) is 6.85.